The lowest BCUT2D eigenvalue weighted by atomic mass is 10.3. The highest BCUT2D eigenvalue weighted by Gasteiger charge is 2.08. The van der Waals surface area contributed by atoms with Crippen LogP contribution in [0.15, 0.2) is 0 Å². The van der Waals surface area contributed by atoms with Crippen molar-refractivity contribution in [2.45, 2.75) is 0 Å². The summed E-state index contributed by atoms with van der Waals surface area (Å²) in [4.78, 5) is 1.42. The highest BCUT2D eigenvalue weighted by Crippen LogP contribution is 1.94. The molecule has 0 saturated heterocycles. The van der Waals surface area contributed by atoms with Crippen molar-refractivity contribution in [3.8, 4) is 0 Å². The first-order chi connectivity index (χ1) is 2.64. The Morgan fingerprint density at radius 1 is 1.67 bits per heavy atom. The molecule has 0 aliphatic carbocycles. The average Bonchev–Trinajstić information content (AvgIpc) is 1.36. The zero-order valence-corrected chi connectivity index (χ0v) is 5.37. The van der Waals surface area contributed by atoms with Crippen molar-refractivity contribution in [1.29, 1.82) is 0 Å². The van der Waals surface area contributed by atoms with Crippen molar-refractivity contribution in [1.82, 2.24) is 4.81 Å². The molecule has 0 aromatic heterocycles. The average molecular weight is 154 g/mol. The summed E-state index contributed by atoms with van der Waals surface area (Å²) in [5.41, 5.74) is 0. The van der Waals surface area contributed by atoms with Gasteiger partial charge >= 0.3 is 5.95 Å². The maximum absolute atomic E-state index is 11.7. The lowest BCUT2D eigenvalue weighted by Gasteiger charge is -2.01. The molecular weight excluding hydrogens is 148 g/mol. The van der Waals surface area contributed by atoms with E-state index in [-0.39, 0.29) is 0 Å². The number of hydrogen-bond acceptors (Lipinski definition) is 1. The van der Waals surface area contributed by atoms with E-state index in [9.17, 15) is 4.32 Å². The Bertz CT molecular complexity index is 34.5. The van der Waals surface area contributed by atoms with Crippen LogP contribution in [0, 0.1) is 0 Å². The molecule has 0 saturated carbocycles. The molecule has 6 heavy (non-hydrogen) atoms. The lowest BCUT2D eigenvalue weighted by Crippen LogP contribution is -2.21. The second-order valence-electron chi connectivity index (χ2n) is 1.24. The molecule has 0 rings (SSSR count). The van der Waals surface area contributed by atoms with E-state index in [1.54, 1.807) is 14.1 Å². The molecule has 0 radical (unpaired) electrons. The number of nitrogens with zero attached hydrogens (tertiary/aromatic N) is 1. The van der Waals surface area contributed by atoms with Gasteiger partial charge in [0.25, 0.3) is 0 Å². The third-order valence-corrected chi connectivity index (χ3v) is 1.21. The Kier molecular flexibility index (Phi) is 2.77. The van der Waals surface area contributed by atoms with Crippen molar-refractivity contribution in [2.75, 3.05) is 14.1 Å². The van der Waals surface area contributed by atoms with Crippen LogP contribution in [0.4, 0.5) is 4.32 Å². The minimum atomic E-state index is -1.00. The normalized spacial score (nSPS) is 9.50. The standard InChI is InChI=1S/C2H6BBrFN/c1-6(2)3(4)5/h1-2H3. The summed E-state index contributed by atoms with van der Waals surface area (Å²) in [7, 11) is 3.30. The van der Waals surface area contributed by atoms with Gasteiger partial charge in [-0.05, 0) is 14.1 Å². The lowest BCUT2D eigenvalue weighted by molar-refractivity contribution is 0.592. The highest BCUT2D eigenvalue weighted by atomic mass is 79.9. The molecule has 0 heterocycles. The largest absolute Gasteiger partial charge is 0.505 e. The molecule has 4 heteroatoms. The van der Waals surface area contributed by atoms with Gasteiger partial charge in [0.05, 0.1) is 0 Å². The first-order valence-corrected chi connectivity index (χ1v) is 2.50. The van der Waals surface area contributed by atoms with E-state index in [4.69, 9.17) is 0 Å². The van der Waals surface area contributed by atoms with E-state index in [1.165, 1.54) is 4.81 Å². The maximum Gasteiger partial charge on any atom is 0.505 e. The minimum absolute atomic E-state index is 1.00. The van der Waals surface area contributed by atoms with E-state index in [0.29, 0.717) is 0 Å². The van der Waals surface area contributed by atoms with Gasteiger partial charge in [-0.3, -0.25) is 4.32 Å². The monoisotopic (exact) mass is 153 g/mol. The molecule has 0 aliphatic rings. The van der Waals surface area contributed by atoms with Gasteiger partial charge in [-0.25, -0.2) is 0 Å². The minimum Gasteiger partial charge on any atom is -0.309 e. The molecule has 0 aromatic rings. The van der Waals surface area contributed by atoms with Crippen LogP contribution in [-0.4, -0.2) is 24.9 Å². The van der Waals surface area contributed by atoms with Crippen molar-refractivity contribution in [3.63, 3.8) is 0 Å². The number of halogens is 2. The third kappa shape index (κ3) is 2.66. The summed E-state index contributed by atoms with van der Waals surface area (Å²) in [6.45, 7) is 0. The topological polar surface area (TPSA) is 3.24 Å². The van der Waals surface area contributed by atoms with Gasteiger partial charge in [0.2, 0.25) is 0 Å². The van der Waals surface area contributed by atoms with Gasteiger partial charge < -0.3 is 4.81 Å². The van der Waals surface area contributed by atoms with Gasteiger partial charge in [0.1, 0.15) is 0 Å². The molecule has 0 fully saturated rings. The van der Waals surface area contributed by atoms with Crippen LogP contribution in [0.25, 0.3) is 0 Å². The van der Waals surface area contributed by atoms with Gasteiger partial charge in [-0.15, -0.1) is 0 Å². The summed E-state index contributed by atoms with van der Waals surface area (Å²) in [6, 6.07) is 0. The molecule has 0 spiro atoms. The fourth-order valence-corrected chi connectivity index (χ4v) is 0. The van der Waals surface area contributed by atoms with Gasteiger partial charge in [0.15, 0.2) is 0 Å². The predicted octanol–water partition coefficient (Wildman–Crippen LogP) is 0.897. The molecular formula is C2H6BBrFN. The van der Waals surface area contributed by atoms with E-state index in [1.807, 2.05) is 0 Å². The Balaban J connectivity index is 2.99. The fourth-order valence-electron chi connectivity index (χ4n) is 0. The van der Waals surface area contributed by atoms with Crippen molar-refractivity contribution >= 4 is 21.7 Å². The molecule has 36 valence electrons. The van der Waals surface area contributed by atoms with E-state index < -0.39 is 5.95 Å². The van der Waals surface area contributed by atoms with E-state index in [2.05, 4.69) is 15.8 Å². The smallest absolute Gasteiger partial charge is 0.309 e. The summed E-state index contributed by atoms with van der Waals surface area (Å²) < 4.78 is 11.7. The SMILES string of the molecule is CN(C)B(F)Br. The molecule has 0 aromatic carbocycles. The molecule has 0 bridgehead atoms. The van der Waals surface area contributed by atoms with Gasteiger partial charge in [-0.2, -0.15) is 0 Å². The molecule has 1 nitrogen and oxygen atoms in total. The molecule has 0 amide bonds. The Hall–Kier alpha value is 0.435. The van der Waals surface area contributed by atoms with Crippen LogP contribution in [0.3, 0.4) is 0 Å². The van der Waals surface area contributed by atoms with Gasteiger partial charge in [-0.1, -0.05) is 15.8 Å². The Labute approximate surface area is 45.6 Å². The van der Waals surface area contributed by atoms with E-state index in [0.717, 1.165) is 0 Å². The predicted molar refractivity (Wildman–Crippen MR) is 29.5 cm³/mol. The Morgan fingerprint density at radius 2 is 1.83 bits per heavy atom. The Morgan fingerprint density at radius 3 is 1.83 bits per heavy atom. The first kappa shape index (κ1) is 6.43. The highest BCUT2D eigenvalue weighted by molar-refractivity contribution is 9.24. The maximum atomic E-state index is 11.7. The quantitative estimate of drug-likeness (QED) is 0.507. The summed E-state index contributed by atoms with van der Waals surface area (Å²) >= 11 is 2.70. The zero-order valence-electron chi connectivity index (χ0n) is 3.78. The zero-order chi connectivity index (χ0) is 5.15. The molecule has 0 unspecified atom stereocenters. The van der Waals surface area contributed by atoms with Crippen LogP contribution in [0.1, 0.15) is 0 Å². The molecule has 0 aliphatic heterocycles. The van der Waals surface area contributed by atoms with Gasteiger partial charge in [0, 0.05) is 0 Å². The first-order valence-electron chi connectivity index (χ1n) is 1.59. The summed E-state index contributed by atoms with van der Waals surface area (Å²) in [5, 5.41) is 0. The van der Waals surface area contributed by atoms with Crippen molar-refractivity contribution in [3.05, 3.63) is 0 Å². The number of rotatable bonds is 1. The summed E-state index contributed by atoms with van der Waals surface area (Å²) in [5.74, 6) is -1.00. The van der Waals surface area contributed by atoms with Crippen LogP contribution >= 0.6 is 15.8 Å². The molecule has 0 atom stereocenters. The van der Waals surface area contributed by atoms with Crippen LogP contribution in [0.2, 0.25) is 0 Å². The fraction of sp³-hybridized carbons (Fsp3) is 1.00. The third-order valence-electron chi connectivity index (χ3n) is 0.390. The summed E-state index contributed by atoms with van der Waals surface area (Å²) in [6.07, 6.45) is 0. The number of hydrogen-bond donors (Lipinski definition) is 0. The van der Waals surface area contributed by atoms with Crippen molar-refractivity contribution in [2.24, 2.45) is 0 Å². The van der Waals surface area contributed by atoms with Crippen LogP contribution < -0.4 is 0 Å². The second kappa shape index (κ2) is 2.58. The van der Waals surface area contributed by atoms with Crippen LogP contribution in [-0.2, 0) is 0 Å². The molecule has 0 N–H and O–H groups in total. The van der Waals surface area contributed by atoms with E-state index >= 15 is 0 Å². The van der Waals surface area contributed by atoms with Crippen molar-refractivity contribution < 1.29 is 4.32 Å². The second-order valence-corrected chi connectivity index (χ2v) is 2.00. The van der Waals surface area contributed by atoms with Crippen LogP contribution in [0.5, 0.6) is 0 Å².